The number of carbonyl (C=O) groups is 1. The summed E-state index contributed by atoms with van der Waals surface area (Å²) in [6, 6.07) is 11.4. The van der Waals surface area contributed by atoms with Crippen LogP contribution in [0.4, 0.5) is 4.39 Å². The Kier molecular flexibility index (Phi) is 4.51. The fourth-order valence-corrected chi connectivity index (χ4v) is 1.82. The first-order valence-electron chi connectivity index (χ1n) is 6.65. The molecule has 0 amide bonds. The molecule has 0 aliphatic heterocycles. The highest BCUT2D eigenvalue weighted by molar-refractivity contribution is 6.09. The van der Waals surface area contributed by atoms with Crippen LogP contribution in [0, 0.1) is 12.7 Å². The summed E-state index contributed by atoms with van der Waals surface area (Å²) in [6.45, 7) is 4.35. The van der Waals surface area contributed by atoms with Gasteiger partial charge >= 0.3 is 0 Å². The summed E-state index contributed by atoms with van der Waals surface area (Å²) < 4.78 is 18.9. The number of hydrogen-bond donors (Lipinski definition) is 0. The van der Waals surface area contributed by atoms with E-state index in [9.17, 15) is 9.18 Å². The minimum absolute atomic E-state index is 0.189. The minimum Gasteiger partial charge on any atom is -0.494 e. The van der Waals surface area contributed by atoms with Crippen LogP contribution < -0.4 is 4.74 Å². The summed E-state index contributed by atoms with van der Waals surface area (Å²) >= 11 is 0. The molecule has 2 aromatic rings. The van der Waals surface area contributed by atoms with Gasteiger partial charge in [0.25, 0.3) is 0 Å². The molecular formula is C17H17FO2. The van der Waals surface area contributed by atoms with E-state index in [0.717, 1.165) is 12.2 Å². The summed E-state index contributed by atoms with van der Waals surface area (Å²) in [7, 11) is 0. The molecule has 0 fully saturated rings. The third-order valence-corrected chi connectivity index (χ3v) is 3.02. The van der Waals surface area contributed by atoms with Crippen LogP contribution in [0.25, 0.3) is 0 Å². The fraction of sp³-hybridized carbons (Fsp3) is 0.235. The number of halogens is 1. The van der Waals surface area contributed by atoms with Crippen LogP contribution in [0.15, 0.2) is 42.5 Å². The van der Waals surface area contributed by atoms with Gasteiger partial charge in [-0.3, -0.25) is 4.79 Å². The number of benzene rings is 2. The second-order valence-corrected chi connectivity index (χ2v) is 4.67. The Hall–Kier alpha value is -2.16. The molecule has 0 radical (unpaired) electrons. The lowest BCUT2D eigenvalue weighted by atomic mass is 10.0. The van der Waals surface area contributed by atoms with E-state index < -0.39 is 0 Å². The Balaban J connectivity index is 2.18. The molecule has 0 bridgehead atoms. The van der Waals surface area contributed by atoms with Crippen LogP contribution in [0.5, 0.6) is 5.75 Å². The Labute approximate surface area is 118 Å². The van der Waals surface area contributed by atoms with Crippen LogP contribution in [0.1, 0.15) is 34.8 Å². The number of hydrogen-bond acceptors (Lipinski definition) is 2. The SMILES string of the molecule is CCCOc1ccc(C(=O)c2ccc(C)c(F)c2)cc1. The van der Waals surface area contributed by atoms with Gasteiger partial charge in [-0.1, -0.05) is 19.1 Å². The second kappa shape index (κ2) is 6.33. The molecule has 0 saturated heterocycles. The summed E-state index contributed by atoms with van der Waals surface area (Å²) in [4.78, 5) is 12.2. The molecule has 0 spiro atoms. The molecule has 0 N–H and O–H groups in total. The van der Waals surface area contributed by atoms with E-state index in [4.69, 9.17) is 4.74 Å². The molecule has 3 heteroatoms. The molecule has 20 heavy (non-hydrogen) atoms. The highest BCUT2D eigenvalue weighted by Crippen LogP contribution is 2.17. The van der Waals surface area contributed by atoms with E-state index in [2.05, 4.69) is 0 Å². The predicted molar refractivity (Wildman–Crippen MR) is 76.8 cm³/mol. The lowest BCUT2D eigenvalue weighted by molar-refractivity contribution is 0.103. The van der Waals surface area contributed by atoms with Gasteiger partial charge < -0.3 is 4.74 Å². The van der Waals surface area contributed by atoms with Crippen LogP contribution in [0.2, 0.25) is 0 Å². The predicted octanol–water partition coefficient (Wildman–Crippen LogP) is 4.15. The van der Waals surface area contributed by atoms with Gasteiger partial charge in [-0.05, 0) is 49.2 Å². The molecule has 0 aliphatic rings. The quantitative estimate of drug-likeness (QED) is 0.764. The average Bonchev–Trinajstić information content (AvgIpc) is 2.48. The van der Waals surface area contributed by atoms with Gasteiger partial charge in [-0.15, -0.1) is 0 Å². The van der Waals surface area contributed by atoms with Crippen molar-refractivity contribution in [1.82, 2.24) is 0 Å². The molecule has 0 atom stereocenters. The van der Waals surface area contributed by atoms with Gasteiger partial charge in [-0.25, -0.2) is 4.39 Å². The van der Waals surface area contributed by atoms with Gasteiger partial charge in [0.1, 0.15) is 11.6 Å². The monoisotopic (exact) mass is 272 g/mol. The highest BCUT2D eigenvalue weighted by atomic mass is 19.1. The number of aryl methyl sites for hydroxylation is 1. The van der Waals surface area contributed by atoms with Crippen molar-refractivity contribution in [3.8, 4) is 5.75 Å². The maximum atomic E-state index is 13.5. The zero-order valence-electron chi connectivity index (χ0n) is 11.7. The van der Waals surface area contributed by atoms with Crippen molar-refractivity contribution in [2.75, 3.05) is 6.61 Å². The van der Waals surface area contributed by atoms with Crippen molar-refractivity contribution in [2.45, 2.75) is 20.3 Å². The standard InChI is InChI=1S/C17H17FO2/c1-3-10-20-15-8-6-13(7-9-15)17(19)14-5-4-12(2)16(18)11-14/h4-9,11H,3,10H2,1-2H3. The third kappa shape index (κ3) is 3.23. The summed E-state index contributed by atoms with van der Waals surface area (Å²) in [5.74, 6) is 0.183. The average molecular weight is 272 g/mol. The largest absolute Gasteiger partial charge is 0.494 e. The number of ether oxygens (including phenoxy) is 1. The first kappa shape index (κ1) is 14.3. The molecule has 2 aromatic carbocycles. The first-order valence-corrected chi connectivity index (χ1v) is 6.65. The Bertz CT molecular complexity index is 603. The fourth-order valence-electron chi connectivity index (χ4n) is 1.82. The number of carbonyl (C=O) groups excluding carboxylic acids is 1. The Morgan fingerprint density at radius 3 is 2.35 bits per heavy atom. The number of ketones is 1. The van der Waals surface area contributed by atoms with Crippen LogP contribution >= 0.6 is 0 Å². The topological polar surface area (TPSA) is 26.3 Å². The van der Waals surface area contributed by atoms with Crippen molar-refractivity contribution in [2.24, 2.45) is 0 Å². The van der Waals surface area contributed by atoms with Crippen molar-refractivity contribution in [3.05, 3.63) is 65.0 Å². The lowest BCUT2D eigenvalue weighted by Crippen LogP contribution is -2.02. The van der Waals surface area contributed by atoms with E-state index in [0.29, 0.717) is 23.3 Å². The first-order chi connectivity index (χ1) is 9.61. The maximum absolute atomic E-state index is 13.5. The molecule has 0 heterocycles. The van der Waals surface area contributed by atoms with Crippen LogP contribution in [-0.4, -0.2) is 12.4 Å². The maximum Gasteiger partial charge on any atom is 0.193 e. The Morgan fingerprint density at radius 2 is 1.75 bits per heavy atom. The van der Waals surface area contributed by atoms with Crippen molar-refractivity contribution >= 4 is 5.78 Å². The van der Waals surface area contributed by atoms with E-state index in [-0.39, 0.29) is 11.6 Å². The van der Waals surface area contributed by atoms with Gasteiger partial charge in [0.2, 0.25) is 0 Å². The molecule has 104 valence electrons. The molecule has 2 rings (SSSR count). The van der Waals surface area contributed by atoms with Gasteiger partial charge in [0, 0.05) is 11.1 Å². The van der Waals surface area contributed by atoms with Gasteiger partial charge in [0.15, 0.2) is 5.78 Å². The van der Waals surface area contributed by atoms with Crippen LogP contribution in [0.3, 0.4) is 0 Å². The summed E-state index contributed by atoms with van der Waals surface area (Å²) in [5, 5.41) is 0. The van der Waals surface area contributed by atoms with Crippen LogP contribution in [-0.2, 0) is 0 Å². The van der Waals surface area contributed by atoms with E-state index in [1.54, 1.807) is 43.3 Å². The third-order valence-electron chi connectivity index (χ3n) is 3.02. The van der Waals surface area contributed by atoms with Crippen molar-refractivity contribution in [3.63, 3.8) is 0 Å². The Morgan fingerprint density at radius 1 is 1.10 bits per heavy atom. The minimum atomic E-state index is -0.362. The smallest absolute Gasteiger partial charge is 0.193 e. The summed E-state index contributed by atoms with van der Waals surface area (Å²) in [6.07, 6.45) is 0.934. The summed E-state index contributed by atoms with van der Waals surface area (Å²) in [5.41, 5.74) is 1.41. The van der Waals surface area contributed by atoms with Gasteiger partial charge in [0.05, 0.1) is 6.61 Å². The molecule has 0 aliphatic carbocycles. The zero-order chi connectivity index (χ0) is 14.5. The zero-order valence-corrected chi connectivity index (χ0v) is 11.7. The molecule has 0 aromatic heterocycles. The molecular weight excluding hydrogens is 255 g/mol. The highest BCUT2D eigenvalue weighted by Gasteiger charge is 2.11. The van der Waals surface area contributed by atoms with Crippen molar-refractivity contribution < 1.29 is 13.9 Å². The normalized spacial score (nSPS) is 10.3. The van der Waals surface area contributed by atoms with E-state index >= 15 is 0 Å². The van der Waals surface area contributed by atoms with Gasteiger partial charge in [-0.2, -0.15) is 0 Å². The molecule has 0 saturated carbocycles. The van der Waals surface area contributed by atoms with E-state index in [1.807, 2.05) is 6.92 Å². The number of rotatable bonds is 5. The lowest BCUT2D eigenvalue weighted by Gasteiger charge is -2.06. The second-order valence-electron chi connectivity index (χ2n) is 4.67. The molecule has 2 nitrogen and oxygen atoms in total. The van der Waals surface area contributed by atoms with E-state index in [1.165, 1.54) is 6.07 Å². The molecule has 0 unspecified atom stereocenters. The van der Waals surface area contributed by atoms with Crippen molar-refractivity contribution in [1.29, 1.82) is 0 Å².